The predicted molar refractivity (Wildman–Crippen MR) is 98.2 cm³/mol. The summed E-state index contributed by atoms with van der Waals surface area (Å²) in [6.45, 7) is 2.55. The fourth-order valence-electron chi connectivity index (χ4n) is 3.47. The van der Waals surface area contributed by atoms with Crippen LogP contribution in [0, 0.1) is 28.8 Å². The number of nitrogens with zero attached hydrogens (tertiary/aromatic N) is 3. The molecular weight excluding hydrogens is 351 g/mol. The van der Waals surface area contributed by atoms with Gasteiger partial charge in [-0.2, -0.15) is 5.26 Å². The van der Waals surface area contributed by atoms with E-state index in [1.54, 1.807) is 6.07 Å². The van der Waals surface area contributed by atoms with Crippen molar-refractivity contribution in [1.29, 1.82) is 5.26 Å². The van der Waals surface area contributed by atoms with Crippen molar-refractivity contribution in [3.05, 3.63) is 58.9 Å². The van der Waals surface area contributed by atoms with E-state index >= 15 is 4.39 Å². The van der Waals surface area contributed by atoms with Crippen molar-refractivity contribution in [2.24, 2.45) is 0 Å². The Balaban J connectivity index is 1.91. The smallest absolute Gasteiger partial charge is 0.141 e. The first-order valence-corrected chi connectivity index (χ1v) is 9.07. The molecule has 6 heteroatoms. The van der Waals surface area contributed by atoms with E-state index in [0.717, 1.165) is 38.4 Å². The van der Waals surface area contributed by atoms with Gasteiger partial charge in [0.1, 0.15) is 23.5 Å². The van der Waals surface area contributed by atoms with Crippen molar-refractivity contribution in [2.45, 2.75) is 25.8 Å². The van der Waals surface area contributed by atoms with E-state index in [0.29, 0.717) is 6.67 Å². The van der Waals surface area contributed by atoms with E-state index in [2.05, 4.69) is 4.90 Å². The summed E-state index contributed by atoms with van der Waals surface area (Å²) < 4.78 is 43.4. The normalized spacial score (nSPS) is 16.6. The van der Waals surface area contributed by atoms with Gasteiger partial charge in [0.05, 0.1) is 12.2 Å². The van der Waals surface area contributed by atoms with Crippen molar-refractivity contribution >= 4 is 0 Å². The van der Waals surface area contributed by atoms with Gasteiger partial charge in [0.25, 0.3) is 0 Å². The average molecular weight is 373 g/mol. The van der Waals surface area contributed by atoms with Gasteiger partial charge in [0, 0.05) is 17.7 Å². The van der Waals surface area contributed by atoms with Crippen LogP contribution in [0.2, 0.25) is 0 Å². The number of hydrogen-bond acceptors (Lipinski definition) is 3. The number of rotatable bonds is 3. The Kier molecular flexibility index (Phi) is 6.15. The summed E-state index contributed by atoms with van der Waals surface area (Å²) in [5.41, 5.74) is 0.307. The van der Waals surface area contributed by atoms with Crippen LogP contribution in [0.5, 0.6) is 0 Å². The van der Waals surface area contributed by atoms with Gasteiger partial charge in [-0.3, -0.25) is 9.80 Å². The third-order valence-corrected chi connectivity index (χ3v) is 4.92. The summed E-state index contributed by atoms with van der Waals surface area (Å²) in [7, 11) is 2.00. The van der Waals surface area contributed by atoms with Gasteiger partial charge in [-0.1, -0.05) is 12.5 Å². The van der Waals surface area contributed by atoms with Crippen LogP contribution in [0.3, 0.4) is 0 Å². The molecule has 27 heavy (non-hydrogen) atoms. The molecule has 1 saturated heterocycles. The van der Waals surface area contributed by atoms with E-state index in [1.807, 2.05) is 11.9 Å². The molecule has 2 aromatic rings. The van der Waals surface area contributed by atoms with Gasteiger partial charge in [0.2, 0.25) is 0 Å². The fourth-order valence-corrected chi connectivity index (χ4v) is 3.47. The lowest BCUT2D eigenvalue weighted by Crippen LogP contribution is -2.38. The first-order valence-electron chi connectivity index (χ1n) is 9.07. The summed E-state index contributed by atoms with van der Waals surface area (Å²) >= 11 is 0. The van der Waals surface area contributed by atoms with E-state index in [1.165, 1.54) is 24.3 Å². The second-order valence-electron chi connectivity index (χ2n) is 7.03. The van der Waals surface area contributed by atoms with Crippen LogP contribution in [-0.4, -0.2) is 36.6 Å². The van der Waals surface area contributed by atoms with Crippen LogP contribution in [0.4, 0.5) is 13.2 Å². The summed E-state index contributed by atoms with van der Waals surface area (Å²) in [6, 6.07) is 8.17. The Morgan fingerprint density at radius 1 is 1.00 bits per heavy atom. The molecule has 0 bridgehead atoms. The SMILES string of the molecule is CN1CCCCCN(Cc2c(F)ccc(-c3ccc(C#N)c(F)c3)c2F)C1. The minimum atomic E-state index is -0.717. The zero-order valence-electron chi connectivity index (χ0n) is 15.3. The Morgan fingerprint density at radius 2 is 1.78 bits per heavy atom. The van der Waals surface area contributed by atoms with Crippen LogP contribution in [0.15, 0.2) is 30.3 Å². The molecule has 3 nitrogen and oxygen atoms in total. The summed E-state index contributed by atoms with van der Waals surface area (Å²) in [5.74, 6) is -2.00. The first kappa shape index (κ1) is 19.4. The minimum Gasteiger partial charge on any atom is -0.294 e. The van der Waals surface area contributed by atoms with Crippen molar-refractivity contribution < 1.29 is 13.2 Å². The standard InChI is InChI=1S/C21H22F3N3/c1-26-9-3-2-4-10-27(14-26)13-18-19(22)8-7-17(21(18)24)15-5-6-16(12-25)20(23)11-15/h5-8,11H,2-4,9-10,13-14H2,1H3. The zero-order valence-corrected chi connectivity index (χ0v) is 15.3. The highest BCUT2D eigenvalue weighted by Crippen LogP contribution is 2.29. The highest BCUT2D eigenvalue weighted by atomic mass is 19.1. The molecule has 0 unspecified atom stereocenters. The van der Waals surface area contributed by atoms with Gasteiger partial charge < -0.3 is 0 Å². The largest absolute Gasteiger partial charge is 0.294 e. The third-order valence-electron chi connectivity index (χ3n) is 4.92. The Bertz CT molecular complexity index is 860. The van der Waals surface area contributed by atoms with Crippen molar-refractivity contribution in [3.8, 4) is 17.2 Å². The topological polar surface area (TPSA) is 30.3 Å². The lowest BCUT2D eigenvalue weighted by Gasteiger charge is -2.30. The maximum atomic E-state index is 15.1. The molecule has 3 rings (SSSR count). The van der Waals surface area contributed by atoms with Gasteiger partial charge in [0.15, 0.2) is 0 Å². The predicted octanol–water partition coefficient (Wildman–Crippen LogP) is 4.52. The zero-order chi connectivity index (χ0) is 19.4. The van der Waals surface area contributed by atoms with Crippen molar-refractivity contribution in [2.75, 3.05) is 26.8 Å². The summed E-state index contributed by atoms with van der Waals surface area (Å²) in [4.78, 5) is 4.18. The molecule has 0 saturated carbocycles. The monoisotopic (exact) mass is 373 g/mol. The molecule has 0 aliphatic carbocycles. The molecule has 1 heterocycles. The van der Waals surface area contributed by atoms with Crippen LogP contribution in [-0.2, 0) is 6.54 Å². The van der Waals surface area contributed by atoms with E-state index < -0.39 is 17.5 Å². The molecule has 0 amide bonds. The Morgan fingerprint density at radius 3 is 2.52 bits per heavy atom. The molecule has 0 radical (unpaired) electrons. The van der Waals surface area contributed by atoms with E-state index in [4.69, 9.17) is 5.26 Å². The highest BCUT2D eigenvalue weighted by molar-refractivity contribution is 5.66. The fraction of sp³-hybridized carbons (Fsp3) is 0.381. The molecule has 142 valence electrons. The molecule has 0 atom stereocenters. The van der Waals surface area contributed by atoms with Crippen LogP contribution in [0.1, 0.15) is 30.4 Å². The van der Waals surface area contributed by atoms with Gasteiger partial charge in [-0.15, -0.1) is 0 Å². The molecular formula is C21H22F3N3. The number of benzene rings is 2. The average Bonchev–Trinajstić information content (AvgIpc) is 2.62. The second-order valence-corrected chi connectivity index (χ2v) is 7.03. The lowest BCUT2D eigenvalue weighted by atomic mass is 10.00. The van der Waals surface area contributed by atoms with Gasteiger partial charge >= 0.3 is 0 Å². The second kappa shape index (κ2) is 8.55. The molecule has 2 aromatic carbocycles. The number of halogens is 3. The molecule has 1 aliphatic heterocycles. The van der Waals surface area contributed by atoms with Gasteiger partial charge in [-0.25, -0.2) is 13.2 Å². The lowest BCUT2D eigenvalue weighted by molar-refractivity contribution is 0.127. The van der Waals surface area contributed by atoms with Crippen LogP contribution in [0.25, 0.3) is 11.1 Å². The first-order chi connectivity index (χ1) is 13.0. The molecule has 0 spiro atoms. The number of nitriles is 1. The Labute approximate surface area is 157 Å². The molecule has 1 fully saturated rings. The number of hydrogen-bond donors (Lipinski definition) is 0. The maximum Gasteiger partial charge on any atom is 0.141 e. The third kappa shape index (κ3) is 4.49. The van der Waals surface area contributed by atoms with E-state index in [-0.39, 0.29) is 28.8 Å². The van der Waals surface area contributed by atoms with Gasteiger partial charge in [-0.05, 0) is 62.8 Å². The van der Waals surface area contributed by atoms with Crippen molar-refractivity contribution in [1.82, 2.24) is 9.80 Å². The van der Waals surface area contributed by atoms with Crippen LogP contribution < -0.4 is 0 Å². The summed E-state index contributed by atoms with van der Waals surface area (Å²) in [6.07, 6.45) is 3.22. The molecule has 0 N–H and O–H groups in total. The van der Waals surface area contributed by atoms with Crippen molar-refractivity contribution in [3.63, 3.8) is 0 Å². The minimum absolute atomic E-state index is 0.00811. The maximum absolute atomic E-state index is 15.1. The quantitative estimate of drug-likeness (QED) is 0.793. The van der Waals surface area contributed by atoms with Crippen LogP contribution >= 0.6 is 0 Å². The molecule has 1 aliphatic rings. The van der Waals surface area contributed by atoms with E-state index in [9.17, 15) is 8.78 Å². The Hall–Kier alpha value is -2.36. The summed E-state index contributed by atoms with van der Waals surface area (Å²) in [5, 5.41) is 8.84. The highest BCUT2D eigenvalue weighted by Gasteiger charge is 2.20. The molecule has 0 aromatic heterocycles.